The van der Waals surface area contributed by atoms with E-state index >= 15 is 0 Å². The van der Waals surface area contributed by atoms with Crippen molar-refractivity contribution >= 4 is 27.7 Å². The van der Waals surface area contributed by atoms with Gasteiger partial charge in [0.05, 0.1) is 4.47 Å². The maximum atomic E-state index is 11.1. The predicted octanol–water partition coefficient (Wildman–Crippen LogP) is 1.42. The predicted molar refractivity (Wildman–Crippen MR) is 61.5 cm³/mol. The summed E-state index contributed by atoms with van der Waals surface area (Å²) >= 11 is 3.30. The average molecular weight is 301 g/mol. The minimum absolute atomic E-state index is 0.162. The number of carbonyl (C=O) groups excluding carboxylic acids is 1. The van der Waals surface area contributed by atoms with Crippen molar-refractivity contribution in [1.82, 2.24) is 0 Å². The van der Waals surface area contributed by atoms with Crippen LogP contribution in [0.4, 0.5) is 0 Å². The number of carboxylic acid groups (broad SMARTS) is 1. The molecule has 0 saturated carbocycles. The van der Waals surface area contributed by atoms with Gasteiger partial charge in [0.1, 0.15) is 13.2 Å². The second-order valence-electron chi connectivity index (χ2n) is 3.51. The zero-order chi connectivity index (χ0) is 12.4. The van der Waals surface area contributed by atoms with Gasteiger partial charge in [0.25, 0.3) is 0 Å². The number of carbonyl (C=O) groups is 2. The van der Waals surface area contributed by atoms with Gasteiger partial charge in [-0.15, -0.1) is 0 Å². The fourth-order valence-corrected chi connectivity index (χ4v) is 2.13. The Kier molecular flexibility index (Phi) is 3.33. The van der Waals surface area contributed by atoms with E-state index in [1.807, 2.05) is 0 Å². The highest BCUT2D eigenvalue weighted by Crippen LogP contribution is 2.38. The summed E-state index contributed by atoms with van der Waals surface area (Å²) in [6, 6.07) is 3.29. The monoisotopic (exact) mass is 300 g/mol. The molecule has 17 heavy (non-hydrogen) atoms. The maximum Gasteiger partial charge on any atom is 0.372 e. The van der Waals surface area contributed by atoms with E-state index in [4.69, 9.17) is 14.6 Å². The molecular formula is C11H9BrO5. The van der Waals surface area contributed by atoms with Crippen molar-refractivity contribution in [3.63, 3.8) is 0 Å². The molecule has 1 aromatic carbocycles. The highest BCUT2D eigenvalue weighted by molar-refractivity contribution is 9.10. The van der Waals surface area contributed by atoms with Crippen LogP contribution < -0.4 is 9.47 Å². The van der Waals surface area contributed by atoms with Gasteiger partial charge >= 0.3 is 5.97 Å². The topological polar surface area (TPSA) is 72.8 Å². The number of halogens is 1. The Bertz CT molecular complexity index is 483. The van der Waals surface area contributed by atoms with E-state index in [9.17, 15) is 9.59 Å². The molecule has 1 N–H and O–H groups in total. The normalized spacial score (nSPS) is 13.2. The fraction of sp³-hybridized carbons (Fsp3) is 0.273. The first-order chi connectivity index (χ1) is 8.08. The molecule has 0 saturated heterocycles. The van der Waals surface area contributed by atoms with Gasteiger partial charge in [-0.1, -0.05) is 0 Å². The SMILES string of the molecule is O=C(O)C(=O)Cc1cc(Br)c2c(c1)OCCO2. The van der Waals surface area contributed by atoms with Crippen molar-refractivity contribution in [3.05, 3.63) is 22.2 Å². The van der Waals surface area contributed by atoms with Crippen molar-refractivity contribution in [2.24, 2.45) is 0 Å². The summed E-state index contributed by atoms with van der Waals surface area (Å²) in [5.74, 6) is -1.17. The van der Waals surface area contributed by atoms with Gasteiger partial charge < -0.3 is 14.6 Å². The molecule has 0 atom stereocenters. The lowest BCUT2D eigenvalue weighted by molar-refractivity contribution is -0.148. The van der Waals surface area contributed by atoms with Gasteiger partial charge in [-0.3, -0.25) is 4.79 Å². The van der Waals surface area contributed by atoms with E-state index < -0.39 is 11.8 Å². The lowest BCUT2D eigenvalue weighted by Crippen LogP contribution is -2.17. The third kappa shape index (κ3) is 2.58. The third-order valence-corrected chi connectivity index (χ3v) is 2.85. The van der Waals surface area contributed by atoms with E-state index in [1.54, 1.807) is 12.1 Å². The summed E-state index contributed by atoms with van der Waals surface area (Å²) in [5, 5.41) is 8.53. The Morgan fingerprint density at radius 1 is 1.29 bits per heavy atom. The van der Waals surface area contributed by atoms with Gasteiger partial charge in [0.2, 0.25) is 5.78 Å². The Labute approximate surface area is 105 Å². The van der Waals surface area contributed by atoms with Crippen LogP contribution in [0.25, 0.3) is 0 Å². The Morgan fingerprint density at radius 3 is 2.71 bits per heavy atom. The molecule has 0 bridgehead atoms. The van der Waals surface area contributed by atoms with Crippen LogP contribution in [0, 0.1) is 0 Å². The van der Waals surface area contributed by atoms with Crippen molar-refractivity contribution in [2.45, 2.75) is 6.42 Å². The van der Waals surface area contributed by atoms with E-state index in [1.165, 1.54) is 0 Å². The van der Waals surface area contributed by atoms with Crippen LogP contribution in [0.15, 0.2) is 16.6 Å². The standard InChI is InChI=1S/C11H9BrO5/c12-7-3-6(4-8(13)11(14)15)5-9-10(7)17-2-1-16-9/h3,5H,1-2,4H2,(H,14,15). The molecule has 5 nitrogen and oxygen atoms in total. The van der Waals surface area contributed by atoms with Crippen molar-refractivity contribution in [2.75, 3.05) is 13.2 Å². The molecule has 1 heterocycles. The highest BCUT2D eigenvalue weighted by atomic mass is 79.9. The highest BCUT2D eigenvalue weighted by Gasteiger charge is 2.19. The molecule has 1 aliphatic rings. The molecule has 0 aliphatic carbocycles. The second-order valence-corrected chi connectivity index (χ2v) is 4.36. The van der Waals surface area contributed by atoms with Crippen LogP contribution in [0.1, 0.15) is 5.56 Å². The molecule has 0 fully saturated rings. The van der Waals surface area contributed by atoms with E-state index in [-0.39, 0.29) is 6.42 Å². The summed E-state index contributed by atoms with van der Waals surface area (Å²) in [6.45, 7) is 0.911. The molecule has 90 valence electrons. The van der Waals surface area contributed by atoms with Crippen LogP contribution in [-0.4, -0.2) is 30.1 Å². The number of Topliss-reactive ketones (excluding diaryl/α,β-unsaturated/α-hetero) is 1. The number of ether oxygens (including phenoxy) is 2. The molecule has 0 amide bonds. The smallest absolute Gasteiger partial charge is 0.372 e. The van der Waals surface area contributed by atoms with E-state index in [0.29, 0.717) is 34.7 Å². The zero-order valence-electron chi connectivity index (χ0n) is 8.73. The molecule has 0 aromatic heterocycles. The summed E-state index contributed by atoms with van der Waals surface area (Å²) in [6.07, 6.45) is -0.162. The van der Waals surface area contributed by atoms with E-state index in [0.717, 1.165) is 0 Å². The van der Waals surface area contributed by atoms with Crippen LogP contribution in [0.2, 0.25) is 0 Å². The largest absolute Gasteiger partial charge is 0.486 e. The van der Waals surface area contributed by atoms with Crippen LogP contribution in [0.5, 0.6) is 11.5 Å². The van der Waals surface area contributed by atoms with E-state index in [2.05, 4.69) is 15.9 Å². The number of hydrogen-bond acceptors (Lipinski definition) is 4. The number of ketones is 1. The van der Waals surface area contributed by atoms with Gasteiger partial charge in [0, 0.05) is 6.42 Å². The first kappa shape index (κ1) is 11.9. The molecule has 0 unspecified atom stereocenters. The third-order valence-electron chi connectivity index (χ3n) is 2.26. The lowest BCUT2D eigenvalue weighted by Gasteiger charge is -2.20. The van der Waals surface area contributed by atoms with Crippen LogP contribution in [-0.2, 0) is 16.0 Å². The lowest BCUT2D eigenvalue weighted by atomic mass is 10.1. The zero-order valence-corrected chi connectivity index (χ0v) is 10.3. The Hall–Kier alpha value is -1.56. The van der Waals surface area contributed by atoms with Gasteiger partial charge in [0.15, 0.2) is 11.5 Å². The molecule has 2 rings (SSSR count). The van der Waals surface area contributed by atoms with Crippen molar-refractivity contribution in [1.29, 1.82) is 0 Å². The molecular weight excluding hydrogens is 292 g/mol. The summed E-state index contributed by atoms with van der Waals surface area (Å²) in [4.78, 5) is 21.6. The molecule has 6 heteroatoms. The second kappa shape index (κ2) is 4.75. The molecule has 1 aliphatic heterocycles. The number of hydrogen-bond donors (Lipinski definition) is 1. The molecule has 1 aromatic rings. The number of benzene rings is 1. The van der Waals surface area contributed by atoms with Crippen molar-refractivity contribution < 1.29 is 24.2 Å². The average Bonchev–Trinajstić information content (AvgIpc) is 2.29. The summed E-state index contributed by atoms with van der Waals surface area (Å²) < 4.78 is 11.4. The Morgan fingerprint density at radius 2 is 2.00 bits per heavy atom. The molecule has 0 radical (unpaired) electrons. The molecule has 0 spiro atoms. The first-order valence-corrected chi connectivity index (χ1v) is 5.71. The minimum atomic E-state index is -1.43. The van der Waals surface area contributed by atoms with Crippen LogP contribution >= 0.6 is 15.9 Å². The minimum Gasteiger partial charge on any atom is -0.486 e. The van der Waals surface area contributed by atoms with Crippen LogP contribution in [0.3, 0.4) is 0 Å². The van der Waals surface area contributed by atoms with Gasteiger partial charge in [-0.25, -0.2) is 4.79 Å². The number of fused-ring (bicyclic) bond motifs is 1. The summed E-state index contributed by atoms with van der Waals surface area (Å²) in [7, 11) is 0. The van der Waals surface area contributed by atoms with Crippen molar-refractivity contribution in [3.8, 4) is 11.5 Å². The first-order valence-electron chi connectivity index (χ1n) is 4.92. The summed E-state index contributed by atoms with van der Waals surface area (Å²) in [5.41, 5.74) is 0.577. The number of rotatable bonds is 3. The fourth-order valence-electron chi connectivity index (χ4n) is 1.53. The Balaban J connectivity index is 2.28. The van der Waals surface area contributed by atoms with Gasteiger partial charge in [-0.2, -0.15) is 0 Å². The number of carboxylic acids is 1. The number of aliphatic carboxylic acids is 1. The quantitative estimate of drug-likeness (QED) is 0.855. The maximum absolute atomic E-state index is 11.1. The van der Waals surface area contributed by atoms with Gasteiger partial charge in [-0.05, 0) is 33.6 Å².